The van der Waals surface area contributed by atoms with E-state index in [-0.39, 0.29) is 0 Å². The SMILES string of the molecule is CC(O)c1nc2cnc3ccsc3c2n1[C@H]1CCCNC1. The summed E-state index contributed by atoms with van der Waals surface area (Å²) in [5.74, 6) is 0.751. The molecule has 1 aliphatic heterocycles. The number of hydrogen-bond donors (Lipinski definition) is 2. The van der Waals surface area contributed by atoms with Crippen molar-refractivity contribution >= 4 is 32.6 Å². The Balaban J connectivity index is 2.03. The molecule has 0 bridgehead atoms. The van der Waals surface area contributed by atoms with Gasteiger partial charge in [-0.25, -0.2) is 4.98 Å². The van der Waals surface area contributed by atoms with Gasteiger partial charge in [0.1, 0.15) is 17.4 Å². The molecule has 1 saturated heterocycles. The van der Waals surface area contributed by atoms with Gasteiger partial charge in [-0.05, 0) is 37.8 Å². The molecular weight excluding hydrogens is 284 g/mol. The number of imidazole rings is 1. The largest absolute Gasteiger partial charge is 0.385 e. The van der Waals surface area contributed by atoms with E-state index in [2.05, 4.69) is 25.2 Å². The number of fused-ring (bicyclic) bond motifs is 3. The molecule has 6 heteroatoms. The van der Waals surface area contributed by atoms with Gasteiger partial charge in [0.15, 0.2) is 0 Å². The molecule has 2 atom stereocenters. The second kappa shape index (κ2) is 5.05. The van der Waals surface area contributed by atoms with Crippen LogP contribution >= 0.6 is 11.3 Å². The lowest BCUT2D eigenvalue weighted by atomic mass is 10.1. The van der Waals surface area contributed by atoms with Crippen LogP contribution in [0.25, 0.3) is 21.3 Å². The van der Waals surface area contributed by atoms with Gasteiger partial charge in [0.05, 0.1) is 21.9 Å². The Morgan fingerprint density at radius 2 is 2.38 bits per heavy atom. The van der Waals surface area contributed by atoms with Crippen LogP contribution in [0.3, 0.4) is 0 Å². The molecule has 0 spiro atoms. The third kappa shape index (κ3) is 2.06. The number of piperidine rings is 1. The quantitative estimate of drug-likeness (QED) is 0.764. The molecule has 4 heterocycles. The topological polar surface area (TPSA) is 63.0 Å². The molecule has 4 rings (SSSR count). The van der Waals surface area contributed by atoms with Gasteiger partial charge >= 0.3 is 0 Å². The monoisotopic (exact) mass is 302 g/mol. The first kappa shape index (κ1) is 13.2. The Hall–Kier alpha value is -1.50. The minimum absolute atomic E-state index is 0.348. The van der Waals surface area contributed by atoms with Crippen molar-refractivity contribution in [1.82, 2.24) is 19.9 Å². The molecule has 0 radical (unpaired) electrons. The normalized spacial score (nSPS) is 21.1. The summed E-state index contributed by atoms with van der Waals surface area (Å²) in [6.45, 7) is 3.79. The minimum Gasteiger partial charge on any atom is -0.385 e. The Bertz CT molecular complexity index is 786. The Morgan fingerprint density at radius 3 is 3.14 bits per heavy atom. The summed E-state index contributed by atoms with van der Waals surface area (Å²) >= 11 is 1.69. The smallest absolute Gasteiger partial charge is 0.138 e. The number of thiophene rings is 1. The Labute approximate surface area is 126 Å². The molecule has 1 fully saturated rings. The van der Waals surface area contributed by atoms with Crippen LogP contribution in [0, 0.1) is 0 Å². The fourth-order valence-corrected chi connectivity index (χ4v) is 4.10. The van der Waals surface area contributed by atoms with Gasteiger partial charge in [-0.3, -0.25) is 4.98 Å². The van der Waals surface area contributed by atoms with Gasteiger partial charge in [-0.2, -0.15) is 0 Å². The molecule has 110 valence electrons. The lowest BCUT2D eigenvalue weighted by Crippen LogP contribution is -2.32. The predicted octanol–water partition coefficient (Wildman–Crippen LogP) is 2.62. The third-order valence-corrected chi connectivity index (χ3v) is 5.07. The van der Waals surface area contributed by atoms with Crippen molar-refractivity contribution in [2.75, 3.05) is 13.1 Å². The van der Waals surface area contributed by atoms with Crippen LogP contribution in [0.4, 0.5) is 0 Å². The van der Waals surface area contributed by atoms with E-state index >= 15 is 0 Å². The summed E-state index contributed by atoms with van der Waals surface area (Å²) in [6.07, 6.45) is 3.52. The fourth-order valence-electron chi connectivity index (χ4n) is 3.21. The average Bonchev–Trinajstić information content (AvgIpc) is 3.11. The van der Waals surface area contributed by atoms with Gasteiger partial charge in [0.2, 0.25) is 0 Å². The molecule has 3 aromatic rings. The Morgan fingerprint density at radius 1 is 1.48 bits per heavy atom. The maximum Gasteiger partial charge on any atom is 0.138 e. The van der Waals surface area contributed by atoms with E-state index in [0.717, 1.165) is 53.0 Å². The van der Waals surface area contributed by atoms with E-state index in [1.165, 1.54) is 0 Å². The summed E-state index contributed by atoms with van der Waals surface area (Å²) in [5.41, 5.74) is 3.01. The van der Waals surface area contributed by atoms with Crippen LogP contribution in [0.5, 0.6) is 0 Å². The van der Waals surface area contributed by atoms with Crippen LogP contribution in [0.2, 0.25) is 0 Å². The Kier molecular flexibility index (Phi) is 3.17. The standard InChI is InChI=1S/C15H18N4OS/c1-9(20)15-18-12-8-17-11-4-6-21-14(11)13(12)19(15)10-3-2-5-16-7-10/h4,6,8-10,16,20H,2-3,5,7H2,1H3/t9?,10-/m0/s1. The maximum atomic E-state index is 10.1. The summed E-state index contributed by atoms with van der Waals surface area (Å²) in [7, 11) is 0. The molecule has 2 N–H and O–H groups in total. The molecule has 1 unspecified atom stereocenters. The van der Waals surface area contributed by atoms with Crippen molar-refractivity contribution in [3.05, 3.63) is 23.5 Å². The third-order valence-electron chi connectivity index (χ3n) is 4.16. The zero-order valence-corrected chi connectivity index (χ0v) is 12.7. The minimum atomic E-state index is -0.575. The second-order valence-corrected chi connectivity index (χ2v) is 6.56. The van der Waals surface area contributed by atoms with Gasteiger partial charge < -0.3 is 15.0 Å². The predicted molar refractivity (Wildman–Crippen MR) is 84.7 cm³/mol. The van der Waals surface area contributed by atoms with E-state index in [4.69, 9.17) is 0 Å². The number of aliphatic hydroxyl groups excluding tert-OH is 1. The number of nitrogens with one attached hydrogen (secondary N) is 1. The van der Waals surface area contributed by atoms with Crippen LogP contribution in [0.1, 0.15) is 37.7 Å². The van der Waals surface area contributed by atoms with Gasteiger partial charge in [-0.1, -0.05) is 0 Å². The molecular formula is C15H18N4OS. The molecule has 0 aromatic carbocycles. The van der Waals surface area contributed by atoms with E-state index in [9.17, 15) is 5.11 Å². The van der Waals surface area contributed by atoms with Crippen molar-refractivity contribution in [3.8, 4) is 0 Å². The molecule has 5 nitrogen and oxygen atoms in total. The first-order valence-corrected chi connectivity index (χ1v) is 8.26. The molecule has 0 aliphatic carbocycles. The van der Waals surface area contributed by atoms with Crippen LogP contribution < -0.4 is 5.32 Å². The molecule has 1 aliphatic rings. The summed E-state index contributed by atoms with van der Waals surface area (Å²) < 4.78 is 3.41. The fraction of sp³-hybridized carbons (Fsp3) is 0.467. The van der Waals surface area contributed by atoms with E-state index in [1.807, 2.05) is 12.3 Å². The average molecular weight is 302 g/mol. The van der Waals surface area contributed by atoms with E-state index in [0.29, 0.717) is 6.04 Å². The molecule has 21 heavy (non-hydrogen) atoms. The highest BCUT2D eigenvalue weighted by Gasteiger charge is 2.25. The van der Waals surface area contributed by atoms with Crippen molar-refractivity contribution in [2.24, 2.45) is 0 Å². The van der Waals surface area contributed by atoms with Gasteiger partial charge in [-0.15, -0.1) is 11.3 Å². The van der Waals surface area contributed by atoms with Crippen molar-refractivity contribution in [3.63, 3.8) is 0 Å². The van der Waals surface area contributed by atoms with Crippen molar-refractivity contribution in [1.29, 1.82) is 0 Å². The van der Waals surface area contributed by atoms with E-state index in [1.54, 1.807) is 18.3 Å². The van der Waals surface area contributed by atoms with Crippen LogP contribution in [-0.2, 0) is 0 Å². The van der Waals surface area contributed by atoms with Crippen LogP contribution in [0.15, 0.2) is 17.6 Å². The summed E-state index contributed by atoms with van der Waals surface area (Å²) in [6, 6.07) is 2.39. The molecule has 0 amide bonds. The zero-order valence-electron chi connectivity index (χ0n) is 11.9. The second-order valence-electron chi connectivity index (χ2n) is 5.64. The van der Waals surface area contributed by atoms with Crippen LogP contribution in [-0.4, -0.2) is 32.7 Å². The number of rotatable bonds is 2. The highest BCUT2D eigenvalue weighted by molar-refractivity contribution is 7.18. The summed E-state index contributed by atoms with van der Waals surface area (Å²) in [5, 5.41) is 15.7. The highest BCUT2D eigenvalue weighted by atomic mass is 32.1. The lowest BCUT2D eigenvalue weighted by molar-refractivity contribution is 0.179. The zero-order chi connectivity index (χ0) is 14.4. The number of pyridine rings is 1. The van der Waals surface area contributed by atoms with Crippen molar-refractivity contribution < 1.29 is 5.11 Å². The van der Waals surface area contributed by atoms with Crippen molar-refractivity contribution in [2.45, 2.75) is 31.9 Å². The number of hydrogen-bond acceptors (Lipinski definition) is 5. The lowest BCUT2D eigenvalue weighted by Gasteiger charge is -2.27. The van der Waals surface area contributed by atoms with Gasteiger partial charge in [0.25, 0.3) is 0 Å². The first-order valence-electron chi connectivity index (χ1n) is 7.38. The van der Waals surface area contributed by atoms with E-state index < -0.39 is 6.10 Å². The number of aliphatic hydroxyl groups is 1. The number of aromatic nitrogens is 3. The number of nitrogens with zero attached hydrogens (tertiary/aromatic N) is 3. The maximum absolute atomic E-state index is 10.1. The highest BCUT2D eigenvalue weighted by Crippen LogP contribution is 2.34. The van der Waals surface area contributed by atoms with Gasteiger partial charge in [0, 0.05) is 12.6 Å². The molecule has 0 saturated carbocycles. The molecule has 3 aromatic heterocycles. The first-order chi connectivity index (χ1) is 10.3. The summed E-state index contributed by atoms with van der Waals surface area (Å²) in [4.78, 5) is 9.11.